The first-order valence-electron chi connectivity index (χ1n) is 6.76. The van der Waals surface area contributed by atoms with Crippen molar-refractivity contribution in [3.05, 3.63) is 47.4 Å². The van der Waals surface area contributed by atoms with Crippen LogP contribution < -0.4 is 9.84 Å². The van der Waals surface area contributed by atoms with Crippen molar-refractivity contribution in [3.63, 3.8) is 0 Å². The van der Waals surface area contributed by atoms with Crippen LogP contribution >= 0.6 is 24.0 Å². The third-order valence-electron chi connectivity index (χ3n) is 3.11. The molecule has 1 saturated heterocycles. The van der Waals surface area contributed by atoms with E-state index in [-0.39, 0.29) is 4.32 Å². The van der Waals surface area contributed by atoms with Crippen LogP contribution in [0.2, 0.25) is 0 Å². The number of nitrogens with zero attached hydrogens (tertiary/aromatic N) is 1. The molecule has 1 aliphatic heterocycles. The maximum Gasteiger partial charge on any atom is 0.266 e. The minimum Gasteiger partial charge on any atom is -0.548 e. The fourth-order valence-electron chi connectivity index (χ4n) is 1.94. The first-order chi connectivity index (χ1) is 11.0. The quantitative estimate of drug-likeness (QED) is 0.442. The van der Waals surface area contributed by atoms with E-state index < -0.39 is 17.9 Å². The van der Waals surface area contributed by atoms with E-state index in [1.807, 2.05) is 12.1 Å². The van der Waals surface area contributed by atoms with Crippen LogP contribution in [0.5, 0.6) is 5.75 Å². The van der Waals surface area contributed by atoms with E-state index in [0.717, 1.165) is 16.7 Å². The minimum atomic E-state index is -1.35. The lowest BCUT2D eigenvalue weighted by Crippen LogP contribution is -2.48. The molecule has 0 aromatic heterocycles. The molecule has 120 valence electrons. The normalized spacial score (nSPS) is 17.4. The molecule has 0 N–H and O–H groups in total. The number of thioether (sulfide) groups is 1. The number of hydrogen-bond donors (Lipinski definition) is 0. The van der Waals surface area contributed by atoms with Crippen LogP contribution in [0.4, 0.5) is 0 Å². The van der Waals surface area contributed by atoms with Crippen molar-refractivity contribution in [1.82, 2.24) is 4.90 Å². The Bertz CT molecular complexity index is 699. The van der Waals surface area contributed by atoms with Crippen molar-refractivity contribution < 1.29 is 19.4 Å². The number of benzene rings is 1. The molecule has 1 atom stereocenters. The number of ether oxygens (including phenoxy) is 1. The number of carbonyl (C=O) groups excluding carboxylic acids is 2. The van der Waals surface area contributed by atoms with Gasteiger partial charge in [-0.2, -0.15) is 0 Å². The number of hydrogen-bond acceptors (Lipinski definition) is 6. The average Bonchev–Trinajstić information content (AvgIpc) is 2.79. The van der Waals surface area contributed by atoms with Crippen LogP contribution in [0, 0.1) is 0 Å². The number of amides is 1. The molecule has 1 aromatic rings. The lowest BCUT2D eigenvalue weighted by atomic mass is 10.2. The standard InChI is InChI=1S/C16H15NO4S2/c1-3-8-21-12-7-5-4-6-11(12)9-13-14(18)17(16(22)23-13)10(2)15(19)20/h3-7,9-10H,1,8H2,2H3,(H,19,20)/p-1/b13-9-/t10-/m0/s1. The van der Waals surface area contributed by atoms with Crippen LogP contribution in [-0.4, -0.2) is 33.7 Å². The molecule has 2 rings (SSSR count). The zero-order chi connectivity index (χ0) is 17.0. The second-order valence-electron chi connectivity index (χ2n) is 4.68. The maximum atomic E-state index is 12.4. The Morgan fingerprint density at radius 2 is 2.22 bits per heavy atom. The number of thiocarbonyl (C=S) groups is 1. The second-order valence-corrected chi connectivity index (χ2v) is 6.36. The van der Waals surface area contributed by atoms with E-state index >= 15 is 0 Å². The van der Waals surface area contributed by atoms with Gasteiger partial charge in [0.25, 0.3) is 5.91 Å². The molecular weight excluding hydrogens is 334 g/mol. The molecule has 0 radical (unpaired) electrons. The van der Waals surface area contributed by atoms with Gasteiger partial charge in [0.15, 0.2) is 0 Å². The summed E-state index contributed by atoms with van der Waals surface area (Å²) in [6, 6.07) is 6.10. The Morgan fingerprint density at radius 1 is 1.52 bits per heavy atom. The molecule has 1 aromatic carbocycles. The highest BCUT2D eigenvalue weighted by molar-refractivity contribution is 8.26. The summed E-state index contributed by atoms with van der Waals surface area (Å²) >= 11 is 6.16. The van der Waals surface area contributed by atoms with Gasteiger partial charge >= 0.3 is 0 Å². The summed E-state index contributed by atoms with van der Waals surface area (Å²) in [5, 5.41) is 11.0. The third kappa shape index (κ3) is 3.80. The lowest BCUT2D eigenvalue weighted by Gasteiger charge is -2.23. The smallest absolute Gasteiger partial charge is 0.266 e. The van der Waals surface area contributed by atoms with Crippen molar-refractivity contribution in [1.29, 1.82) is 0 Å². The maximum absolute atomic E-state index is 12.4. The van der Waals surface area contributed by atoms with E-state index in [9.17, 15) is 14.7 Å². The van der Waals surface area contributed by atoms with E-state index in [1.165, 1.54) is 6.92 Å². The van der Waals surface area contributed by atoms with E-state index in [4.69, 9.17) is 17.0 Å². The van der Waals surface area contributed by atoms with Crippen LogP contribution in [0.15, 0.2) is 41.8 Å². The van der Waals surface area contributed by atoms with Crippen LogP contribution in [0.3, 0.4) is 0 Å². The van der Waals surface area contributed by atoms with Crippen LogP contribution in [0.1, 0.15) is 12.5 Å². The molecule has 1 fully saturated rings. The van der Waals surface area contributed by atoms with Crippen molar-refractivity contribution in [2.24, 2.45) is 0 Å². The molecular formula is C16H14NO4S2-. The fraction of sp³-hybridized carbons (Fsp3) is 0.188. The van der Waals surface area contributed by atoms with Crippen molar-refractivity contribution in [3.8, 4) is 5.75 Å². The highest BCUT2D eigenvalue weighted by Gasteiger charge is 2.35. The van der Waals surface area contributed by atoms with Gasteiger partial charge < -0.3 is 14.6 Å². The first-order valence-corrected chi connectivity index (χ1v) is 7.98. The summed E-state index contributed by atoms with van der Waals surface area (Å²) in [7, 11) is 0. The average molecular weight is 348 g/mol. The molecule has 1 heterocycles. The summed E-state index contributed by atoms with van der Waals surface area (Å²) in [6.07, 6.45) is 3.26. The summed E-state index contributed by atoms with van der Waals surface area (Å²) in [6.45, 7) is 5.30. The van der Waals surface area contributed by atoms with Gasteiger partial charge in [-0.25, -0.2) is 0 Å². The summed E-state index contributed by atoms with van der Waals surface area (Å²) in [5.74, 6) is -1.20. The summed E-state index contributed by atoms with van der Waals surface area (Å²) < 4.78 is 5.73. The van der Waals surface area contributed by atoms with Gasteiger partial charge in [0, 0.05) is 5.56 Å². The number of carboxylic acids is 1. The fourth-order valence-corrected chi connectivity index (χ4v) is 3.35. The van der Waals surface area contributed by atoms with Crippen molar-refractivity contribution in [2.45, 2.75) is 13.0 Å². The van der Waals surface area contributed by atoms with E-state index in [0.29, 0.717) is 22.8 Å². The van der Waals surface area contributed by atoms with Gasteiger partial charge in [0.05, 0.1) is 16.9 Å². The second kappa shape index (κ2) is 7.43. The van der Waals surface area contributed by atoms with Crippen molar-refractivity contribution >= 4 is 46.3 Å². The monoisotopic (exact) mass is 348 g/mol. The molecule has 0 bridgehead atoms. The van der Waals surface area contributed by atoms with Crippen LogP contribution in [0.25, 0.3) is 6.08 Å². The van der Waals surface area contributed by atoms with Gasteiger partial charge in [-0.1, -0.05) is 54.8 Å². The molecule has 0 aliphatic carbocycles. The van der Waals surface area contributed by atoms with Gasteiger partial charge in [-0.3, -0.25) is 9.69 Å². The zero-order valence-corrected chi connectivity index (χ0v) is 14.0. The topological polar surface area (TPSA) is 69.7 Å². The van der Waals surface area contributed by atoms with E-state index in [1.54, 1.807) is 24.3 Å². The number of para-hydroxylation sites is 1. The Balaban J connectivity index is 2.31. The zero-order valence-electron chi connectivity index (χ0n) is 12.4. The first kappa shape index (κ1) is 17.2. The Morgan fingerprint density at radius 3 is 2.87 bits per heavy atom. The highest BCUT2D eigenvalue weighted by atomic mass is 32.2. The van der Waals surface area contributed by atoms with Gasteiger partial charge in [0.1, 0.15) is 16.7 Å². The number of rotatable bonds is 6. The summed E-state index contributed by atoms with van der Waals surface area (Å²) in [5.41, 5.74) is 0.705. The molecule has 5 nitrogen and oxygen atoms in total. The van der Waals surface area contributed by atoms with Gasteiger partial charge in [-0.05, 0) is 19.1 Å². The Kier molecular flexibility index (Phi) is 5.57. The number of carboxylic acid groups (broad SMARTS) is 1. The number of carbonyl (C=O) groups is 2. The lowest BCUT2D eigenvalue weighted by molar-refractivity contribution is -0.309. The molecule has 1 aliphatic rings. The van der Waals surface area contributed by atoms with Gasteiger partial charge in [-0.15, -0.1) is 0 Å². The van der Waals surface area contributed by atoms with Gasteiger partial charge in [0.2, 0.25) is 0 Å². The molecule has 1 amide bonds. The van der Waals surface area contributed by atoms with E-state index in [2.05, 4.69) is 6.58 Å². The molecule has 7 heteroatoms. The molecule has 0 unspecified atom stereocenters. The SMILES string of the molecule is C=CCOc1ccccc1/C=C1\SC(=S)N([C@@H](C)C(=O)[O-])C1=O. The predicted octanol–water partition coefficient (Wildman–Crippen LogP) is 1.59. The molecule has 0 spiro atoms. The molecule has 23 heavy (non-hydrogen) atoms. The largest absolute Gasteiger partial charge is 0.548 e. The van der Waals surface area contributed by atoms with Crippen LogP contribution in [-0.2, 0) is 9.59 Å². The number of aliphatic carboxylic acids is 1. The Labute approximate surface area is 143 Å². The highest BCUT2D eigenvalue weighted by Crippen LogP contribution is 2.35. The molecule has 0 saturated carbocycles. The third-order valence-corrected chi connectivity index (χ3v) is 4.44. The Hall–Kier alpha value is -2.12. The summed E-state index contributed by atoms with van der Waals surface area (Å²) in [4.78, 5) is 24.8. The predicted molar refractivity (Wildman–Crippen MR) is 91.6 cm³/mol. The van der Waals surface area contributed by atoms with Crippen molar-refractivity contribution in [2.75, 3.05) is 6.61 Å². The minimum absolute atomic E-state index is 0.197.